The second kappa shape index (κ2) is 8.42. The fourth-order valence-corrected chi connectivity index (χ4v) is 2.39. The molecule has 1 aliphatic heterocycles. The highest BCUT2D eigenvalue weighted by molar-refractivity contribution is 6.45. The molecule has 3 amide bonds. The predicted molar refractivity (Wildman–Crippen MR) is 89.3 cm³/mol. The number of rotatable bonds is 4. The molecule has 3 N–H and O–H groups in total. The third-order valence-electron chi connectivity index (χ3n) is 3.68. The molecule has 1 fully saturated rings. The maximum atomic E-state index is 12.3. The van der Waals surface area contributed by atoms with E-state index in [9.17, 15) is 14.4 Å². The van der Waals surface area contributed by atoms with Crippen LogP contribution in [0.1, 0.15) is 6.92 Å². The molecular formula is C16H22N4O4. The molecule has 130 valence electrons. The smallest absolute Gasteiger partial charge is 0.323 e. The van der Waals surface area contributed by atoms with Gasteiger partial charge in [-0.2, -0.15) is 0 Å². The molecule has 1 aromatic rings. The van der Waals surface area contributed by atoms with Crippen LogP contribution in [0, 0.1) is 0 Å². The van der Waals surface area contributed by atoms with E-state index in [4.69, 9.17) is 10.5 Å². The second-order valence-electron chi connectivity index (χ2n) is 5.46. The van der Waals surface area contributed by atoms with Crippen LogP contribution in [0.25, 0.3) is 0 Å². The van der Waals surface area contributed by atoms with E-state index < -0.39 is 17.7 Å². The lowest BCUT2D eigenvalue weighted by Crippen LogP contribution is -2.48. The molecule has 8 heteroatoms. The first-order chi connectivity index (χ1) is 11.5. The van der Waals surface area contributed by atoms with Gasteiger partial charge in [-0.15, -0.1) is 0 Å². The summed E-state index contributed by atoms with van der Waals surface area (Å²) in [6.07, 6.45) is 0. The van der Waals surface area contributed by atoms with Crippen molar-refractivity contribution in [3.8, 4) is 0 Å². The third kappa shape index (κ3) is 4.77. The van der Waals surface area contributed by atoms with Crippen LogP contribution in [0.15, 0.2) is 24.3 Å². The Labute approximate surface area is 140 Å². The van der Waals surface area contributed by atoms with E-state index in [0.29, 0.717) is 37.7 Å². The standard InChI is InChI=1S/C16H22N4O4/c1-12(21)20(14-4-2-13(17)3-5-14)16(23)15(22)18-6-7-19-8-10-24-11-9-19/h2-5H,6-11,17H2,1H3,(H,18,22). The predicted octanol–water partition coefficient (Wildman–Crippen LogP) is -0.403. The van der Waals surface area contributed by atoms with Gasteiger partial charge >= 0.3 is 11.8 Å². The number of amides is 3. The van der Waals surface area contributed by atoms with Crippen LogP contribution in [0.4, 0.5) is 11.4 Å². The summed E-state index contributed by atoms with van der Waals surface area (Å²) in [5, 5.41) is 2.56. The van der Waals surface area contributed by atoms with Gasteiger partial charge in [0.25, 0.3) is 0 Å². The number of nitrogens with one attached hydrogen (secondary N) is 1. The van der Waals surface area contributed by atoms with Crippen molar-refractivity contribution in [3.63, 3.8) is 0 Å². The number of imide groups is 1. The second-order valence-corrected chi connectivity index (χ2v) is 5.46. The van der Waals surface area contributed by atoms with Crippen LogP contribution < -0.4 is 16.0 Å². The third-order valence-corrected chi connectivity index (χ3v) is 3.68. The zero-order chi connectivity index (χ0) is 17.5. The minimum absolute atomic E-state index is 0.310. The van der Waals surface area contributed by atoms with Gasteiger partial charge in [-0.05, 0) is 24.3 Å². The normalized spacial score (nSPS) is 14.9. The zero-order valence-corrected chi connectivity index (χ0v) is 13.7. The van der Waals surface area contributed by atoms with Crippen LogP contribution >= 0.6 is 0 Å². The summed E-state index contributed by atoms with van der Waals surface area (Å²) >= 11 is 0. The van der Waals surface area contributed by atoms with Crippen LogP contribution in [0.5, 0.6) is 0 Å². The van der Waals surface area contributed by atoms with Crippen molar-refractivity contribution in [2.45, 2.75) is 6.92 Å². The molecule has 0 spiro atoms. The van der Waals surface area contributed by atoms with Gasteiger partial charge in [-0.1, -0.05) is 0 Å². The van der Waals surface area contributed by atoms with E-state index in [0.717, 1.165) is 18.0 Å². The Hall–Kier alpha value is -2.45. The summed E-state index contributed by atoms with van der Waals surface area (Å²) in [7, 11) is 0. The van der Waals surface area contributed by atoms with Gasteiger partial charge in [0, 0.05) is 38.8 Å². The minimum Gasteiger partial charge on any atom is -0.399 e. The molecule has 0 saturated carbocycles. The average Bonchev–Trinajstić information content (AvgIpc) is 2.57. The molecule has 0 aromatic heterocycles. The van der Waals surface area contributed by atoms with Crippen molar-refractivity contribution >= 4 is 29.1 Å². The summed E-state index contributed by atoms with van der Waals surface area (Å²) in [4.78, 5) is 39.1. The van der Waals surface area contributed by atoms with Gasteiger partial charge in [0.05, 0.1) is 18.9 Å². The van der Waals surface area contributed by atoms with Gasteiger partial charge in [-0.3, -0.25) is 19.3 Å². The fraction of sp³-hybridized carbons (Fsp3) is 0.438. The molecular weight excluding hydrogens is 312 g/mol. The number of morpholine rings is 1. The maximum Gasteiger partial charge on any atom is 0.323 e. The Morgan fingerprint density at radius 2 is 1.83 bits per heavy atom. The van der Waals surface area contributed by atoms with Gasteiger partial charge in [-0.25, -0.2) is 4.90 Å². The number of carbonyl (C=O) groups excluding carboxylic acids is 3. The van der Waals surface area contributed by atoms with Gasteiger partial charge in [0.2, 0.25) is 5.91 Å². The molecule has 0 unspecified atom stereocenters. The SMILES string of the molecule is CC(=O)N(C(=O)C(=O)NCCN1CCOCC1)c1ccc(N)cc1. The van der Waals surface area contributed by atoms with Crippen LogP contribution in [0.3, 0.4) is 0 Å². The molecule has 0 aliphatic carbocycles. The summed E-state index contributed by atoms with van der Waals surface area (Å²) in [5.41, 5.74) is 6.41. The molecule has 24 heavy (non-hydrogen) atoms. The minimum atomic E-state index is -0.908. The van der Waals surface area contributed by atoms with Gasteiger partial charge in [0.1, 0.15) is 0 Å². The van der Waals surface area contributed by atoms with E-state index >= 15 is 0 Å². The molecule has 0 bridgehead atoms. The molecule has 2 rings (SSSR count). The summed E-state index contributed by atoms with van der Waals surface area (Å²) in [6, 6.07) is 6.18. The van der Waals surface area contributed by atoms with E-state index in [1.165, 1.54) is 19.1 Å². The monoisotopic (exact) mass is 334 g/mol. The number of nitrogen functional groups attached to an aromatic ring is 1. The highest BCUT2D eigenvalue weighted by Gasteiger charge is 2.26. The van der Waals surface area contributed by atoms with Gasteiger partial charge < -0.3 is 15.8 Å². The number of anilines is 2. The number of hydrogen-bond donors (Lipinski definition) is 2. The Kier molecular flexibility index (Phi) is 6.28. The summed E-state index contributed by atoms with van der Waals surface area (Å²) in [5.74, 6) is -2.25. The highest BCUT2D eigenvalue weighted by atomic mass is 16.5. The van der Waals surface area contributed by atoms with Crippen molar-refractivity contribution < 1.29 is 19.1 Å². The number of nitrogens with zero attached hydrogens (tertiary/aromatic N) is 2. The molecule has 0 atom stereocenters. The molecule has 1 saturated heterocycles. The first-order valence-electron chi connectivity index (χ1n) is 7.77. The number of carbonyl (C=O) groups is 3. The van der Waals surface area contributed by atoms with Crippen molar-refractivity contribution in [3.05, 3.63) is 24.3 Å². The van der Waals surface area contributed by atoms with E-state index in [2.05, 4.69) is 10.2 Å². The lowest BCUT2D eigenvalue weighted by atomic mass is 10.2. The van der Waals surface area contributed by atoms with Crippen LogP contribution in [-0.2, 0) is 19.1 Å². The van der Waals surface area contributed by atoms with Gasteiger partial charge in [0.15, 0.2) is 0 Å². The molecule has 0 radical (unpaired) electrons. The number of ether oxygens (including phenoxy) is 1. The molecule has 1 heterocycles. The van der Waals surface area contributed by atoms with Crippen LogP contribution in [-0.4, -0.2) is 62.0 Å². The van der Waals surface area contributed by atoms with E-state index in [-0.39, 0.29) is 0 Å². The quantitative estimate of drug-likeness (QED) is 0.573. The first-order valence-corrected chi connectivity index (χ1v) is 7.77. The number of nitrogens with two attached hydrogens (primary N) is 1. The lowest BCUT2D eigenvalue weighted by Gasteiger charge is -2.26. The van der Waals surface area contributed by atoms with E-state index in [1.54, 1.807) is 12.1 Å². The molecule has 1 aromatic carbocycles. The highest BCUT2D eigenvalue weighted by Crippen LogP contribution is 2.16. The number of hydrogen-bond acceptors (Lipinski definition) is 6. The Bertz CT molecular complexity index is 597. The Balaban J connectivity index is 1.92. The van der Waals surface area contributed by atoms with Crippen molar-refractivity contribution in [2.24, 2.45) is 0 Å². The van der Waals surface area contributed by atoms with E-state index in [1.807, 2.05) is 0 Å². The molecule has 8 nitrogen and oxygen atoms in total. The topological polar surface area (TPSA) is 105 Å². The van der Waals surface area contributed by atoms with Crippen molar-refractivity contribution in [1.82, 2.24) is 10.2 Å². The zero-order valence-electron chi connectivity index (χ0n) is 13.7. The van der Waals surface area contributed by atoms with Crippen LogP contribution in [0.2, 0.25) is 0 Å². The lowest BCUT2D eigenvalue weighted by molar-refractivity contribution is -0.139. The van der Waals surface area contributed by atoms with Crippen molar-refractivity contribution in [2.75, 3.05) is 50.0 Å². The summed E-state index contributed by atoms with van der Waals surface area (Å²) < 4.78 is 5.24. The fourth-order valence-electron chi connectivity index (χ4n) is 2.39. The largest absolute Gasteiger partial charge is 0.399 e. The van der Waals surface area contributed by atoms with Crippen molar-refractivity contribution in [1.29, 1.82) is 0 Å². The Morgan fingerprint density at radius 1 is 1.21 bits per heavy atom. The number of benzene rings is 1. The maximum absolute atomic E-state index is 12.3. The first kappa shape index (κ1) is 17.9. The Morgan fingerprint density at radius 3 is 2.42 bits per heavy atom. The average molecular weight is 334 g/mol. The molecule has 1 aliphatic rings. The summed E-state index contributed by atoms with van der Waals surface area (Å²) in [6.45, 7) is 5.13.